The second-order valence-electron chi connectivity index (χ2n) is 35.0. The van der Waals surface area contributed by atoms with Gasteiger partial charge in [-0.25, -0.2) is 0 Å². The fourth-order valence-electron chi connectivity index (χ4n) is 21.2. The summed E-state index contributed by atoms with van der Waals surface area (Å²) in [6.45, 7) is 0. The van der Waals surface area contributed by atoms with Crippen LogP contribution in [0.15, 0.2) is 535 Å². The molecule has 22 aromatic carbocycles. The Morgan fingerprint density at radius 3 is 1.03 bits per heavy atom. The number of hydrogen-bond donors (Lipinski definition) is 1. The zero-order valence-corrected chi connectivity index (χ0v) is 75.4. The van der Waals surface area contributed by atoms with Crippen molar-refractivity contribution in [1.29, 1.82) is 0 Å². The molecule has 0 radical (unpaired) electrons. The first kappa shape index (κ1) is 81.3. The maximum Gasteiger partial charge on any atom is 0.143 e. The number of rotatable bonds is 15. The molecule has 0 saturated carbocycles. The second-order valence-corrected chi connectivity index (χ2v) is 35.9. The number of benzene rings is 22. The van der Waals surface area contributed by atoms with E-state index in [0.717, 1.165) is 99.0 Å². The lowest BCUT2D eigenvalue weighted by atomic mass is 9.68. The fraction of sp³-hybridized carbons (Fsp3) is 0.0154. The van der Waals surface area contributed by atoms with E-state index in [1.165, 1.54) is 133 Å². The van der Waals surface area contributed by atoms with E-state index in [2.05, 4.69) is 524 Å². The maximum atomic E-state index is 6.52. The smallest absolute Gasteiger partial charge is 0.143 e. The van der Waals surface area contributed by atoms with E-state index >= 15 is 0 Å². The Labute approximate surface area is 793 Å². The normalized spacial score (nSPS) is 12.5. The van der Waals surface area contributed by atoms with Crippen molar-refractivity contribution in [2.45, 2.75) is 10.8 Å². The summed E-state index contributed by atoms with van der Waals surface area (Å²) in [6.07, 6.45) is 0. The summed E-state index contributed by atoms with van der Waals surface area (Å²) >= 11 is 3.53. The first-order valence-corrected chi connectivity index (χ1v) is 47.0. The molecular formula is C130H87BrN2O2. The van der Waals surface area contributed by atoms with Crippen molar-refractivity contribution in [3.63, 3.8) is 0 Å². The summed E-state index contributed by atoms with van der Waals surface area (Å²) in [5.74, 6) is 0. The monoisotopic (exact) mass is 1790 g/mol. The van der Waals surface area contributed by atoms with Gasteiger partial charge >= 0.3 is 0 Å². The minimum absolute atomic E-state index is 0.415. The molecule has 2 heterocycles. The van der Waals surface area contributed by atoms with Crippen molar-refractivity contribution < 1.29 is 8.83 Å². The van der Waals surface area contributed by atoms with Crippen LogP contribution in [0.1, 0.15) is 44.5 Å². The van der Waals surface area contributed by atoms with E-state index in [-0.39, 0.29) is 0 Å². The van der Waals surface area contributed by atoms with Gasteiger partial charge in [0.2, 0.25) is 0 Å². The fourth-order valence-corrected chi connectivity index (χ4v) is 21.6. The van der Waals surface area contributed by atoms with Crippen LogP contribution >= 0.6 is 15.9 Å². The third-order valence-corrected chi connectivity index (χ3v) is 27.9. The summed E-state index contributed by atoms with van der Waals surface area (Å²) in [4.78, 5) is 2.46. The molecule has 0 fully saturated rings. The lowest BCUT2D eigenvalue weighted by molar-refractivity contribution is 0.669. The molecule has 0 saturated heterocycles. The first-order chi connectivity index (χ1) is 66.8. The van der Waals surface area contributed by atoms with Gasteiger partial charge in [-0.1, -0.05) is 453 Å². The number of para-hydroxylation sites is 4. The van der Waals surface area contributed by atoms with Crippen molar-refractivity contribution in [2.75, 3.05) is 10.2 Å². The standard InChI is InChI=1S/C65H43NO.C43H29NO.C22H15Br/c1-4-16-44(17-5-1)45-30-32-46(33-31-45)48-34-35-50-43-54(41-38-49(50)42-48)66(53-39-36-47(37-40-53)55-24-14-25-57-56-22-11-13-29-62(56)67-64(55)57)61-28-15-27-60-63(61)58-23-10-12-26-59(58)65(60,51-18-6-2-7-19-51)52-20-8-3-9-21-52;1-3-13-30(14-4-1)43(31-15-5-2-6-16-31)37-21-9-7-18-36(37)41-38(43)22-12-23-39(41)44-32-27-25-29(26-28-32)33-19-11-20-35-34-17-8-10-24-40(34)45-42(33)35;23-22-13-12-20-14-19(10-11-21(20)15-22)18-8-6-17(7-9-18)16-4-2-1-3-5-16/h1-43H;1-28,44H;1-15H. The maximum absolute atomic E-state index is 6.52. The molecule has 26 rings (SSSR count). The van der Waals surface area contributed by atoms with E-state index in [0.29, 0.717) is 0 Å². The average molecular weight is 1790 g/mol. The molecule has 2 aromatic heterocycles. The Bertz CT molecular complexity index is 8450. The molecule has 0 aliphatic heterocycles. The van der Waals surface area contributed by atoms with Crippen molar-refractivity contribution in [3.05, 3.63) is 571 Å². The summed E-state index contributed by atoms with van der Waals surface area (Å²) in [7, 11) is 0. The molecule has 636 valence electrons. The highest BCUT2D eigenvalue weighted by Gasteiger charge is 2.49. The van der Waals surface area contributed by atoms with Gasteiger partial charge in [0.25, 0.3) is 0 Å². The summed E-state index contributed by atoms with van der Waals surface area (Å²) in [5.41, 5.74) is 37.5. The first-order valence-electron chi connectivity index (χ1n) is 46.2. The number of furan rings is 2. The van der Waals surface area contributed by atoms with Crippen LogP contribution in [0.25, 0.3) is 154 Å². The number of hydrogen-bond acceptors (Lipinski definition) is 4. The van der Waals surface area contributed by atoms with Crippen molar-refractivity contribution in [2.24, 2.45) is 0 Å². The van der Waals surface area contributed by atoms with E-state index in [1.54, 1.807) is 0 Å². The predicted molar refractivity (Wildman–Crippen MR) is 568 cm³/mol. The highest BCUT2D eigenvalue weighted by atomic mass is 79.9. The third kappa shape index (κ3) is 14.5. The van der Waals surface area contributed by atoms with Gasteiger partial charge in [0, 0.05) is 71.0 Å². The third-order valence-electron chi connectivity index (χ3n) is 27.4. The molecule has 24 aromatic rings. The van der Waals surface area contributed by atoms with Crippen LogP contribution in [0, 0.1) is 0 Å². The molecule has 0 amide bonds. The summed E-state index contributed by atoms with van der Waals surface area (Å²) in [6, 6.07) is 188. The van der Waals surface area contributed by atoms with Crippen LogP contribution in [0.5, 0.6) is 0 Å². The topological polar surface area (TPSA) is 41.6 Å². The second kappa shape index (κ2) is 34.7. The number of anilines is 5. The molecule has 0 spiro atoms. The van der Waals surface area contributed by atoms with E-state index < -0.39 is 10.8 Å². The van der Waals surface area contributed by atoms with Gasteiger partial charge in [0.15, 0.2) is 0 Å². The zero-order chi connectivity index (χ0) is 89.8. The number of nitrogens with one attached hydrogen (secondary N) is 1. The molecule has 0 unspecified atom stereocenters. The van der Waals surface area contributed by atoms with Crippen LogP contribution in [0.4, 0.5) is 28.4 Å². The van der Waals surface area contributed by atoms with Gasteiger partial charge in [0.1, 0.15) is 22.3 Å². The van der Waals surface area contributed by atoms with E-state index in [4.69, 9.17) is 8.83 Å². The predicted octanol–water partition coefficient (Wildman–Crippen LogP) is 35.9. The van der Waals surface area contributed by atoms with Crippen molar-refractivity contribution in [1.82, 2.24) is 0 Å². The van der Waals surface area contributed by atoms with E-state index in [9.17, 15) is 0 Å². The SMILES string of the molecule is Brc1ccc2cc(-c3ccc(-c4ccccc4)cc3)ccc2c1.c1ccc(-c2ccc(-c3ccc4cc(N(c5ccc(-c6cccc7c6oc6ccccc67)cc5)c5cccc6c5-c5ccccc5C6(c5ccccc5)c5ccccc5)ccc4c3)cc2)cc1.c1ccc(C2(c3ccccc3)c3ccccc3-c3c(Nc4ccc(-c5cccc6c5oc5ccccc56)cc4)cccc32)cc1. The van der Waals surface area contributed by atoms with Crippen LogP contribution in [-0.4, -0.2) is 0 Å². The van der Waals surface area contributed by atoms with Crippen molar-refractivity contribution >= 4 is 110 Å². The quantitative estimate of drug-likeness (QED) is 0.111. The minimum atomic E-state index is -0.523. The molecule has 2 aliphatic carbocycles. The highest BCUT2D eigenvalue weighted by molar-refractivity contribution is 9.10. The molecule has 0 atom stereocenters. The number of halogens is 1. The molecule has 5 heteroatoms. The molecule has 2 aliphatic rings. The zero-order valence-electron chi connectivity index (χ0n) is 73.8. The van der Waals surface area contributed by atoms with Crippen LogP contribution in [0.3, 0.4) is 0 Å². The van der Waals surface area contributed by atoms with Gasteiger partial charge in [-0.15, -0.1) is 0 Å². The van der Waals surface area contributed by atoms with Gasteiger partial charge in [-0.2, -0.15) is 0 Å². The molecule has 1 N–H and O–H groups in total. The average Bonchev–Trinajstić information content (AvgIpc) is 1.54. The van der Waals surface area contributed by atoms with Gasteiger partial charge in [0.05, 0.1) is 16.5 Å². The Morgan fingerprint density at radius 2 is 0.541 bits per heavy atom. The van der Waals surface area contributed by atoms with Crippen molar-refractivity contribution in [3.8, 4) is 89.0 Å². The number of fused-ring (bicyclic) bond motifs is 14. The molecular weight excluding hydrogens is 1700 g/mol. The van der Waals surface area contributed by atoms with Crippen LogP contribution < -0.4 is 10.2 Å². The highest BCUT2D eigenvalue weighted by Crippen LogP contribution is 2.62. The Hall–Kier alpha value is -17.0. The Morgan fingerprint density at radius 1 is 0.215 bits per heavy atom. The lowest BCUT2D eigenvalue weighted by Crippen LogP contribution is -2.28. The van der Waals surface area contributed by atoms with E-state index in [1.807, 2.05) is 24.3 Å². The summed E-state index contributed by atoms with van der Waals surface area (Å²) < 4.78 is 14.0. The Kier molecular flexibility index (Phi) is 20.9. The van der Waals surface area contributed by atoms with Gasteiger partial charge < -0.3 is 19.1 Å². The molecule has 135 heavy (non-hydrogen) atoms. The largest absolute Gasteiger partial charge is 0.455 e. The van der Waals surface area contributed by atoms with Crippen LogP contribution in [0.2, 0.25) is 0 Å². The number of nitrogens with zero attached hydrogens (tertiary/aromatic N) is 1. The lowest BCUT2D eigenvalue weighted by Gasteiger charge is -2.34. The summed E-state index contributed by atoms with van der Waals surface area (Å²) in [5, 5.41) is 13.2. The van der Waals surface area contributed by atoms with Gasteiger partial charge in [-0.3, -0.25) is 0 Å². The van der Waals surface area contributed by atoms with Crippen LogP contribution in [-0.2, 0) is 10.8 Å². The molecule has 0 bridgehead atoms. The van der Waals surface area contributed by atoms with Gasteiger partial charge in [-0.05, 0) is 218 Å². The molecule has 4 nitrogen and oxygen atoms in total. The minimum Gasteiger partial charge on any atom is -0.455 e. The Balaban J connectivity index is 0.000000125.